The van der Waals surface area contributed by atoms with E-state index in [2.05, 4.69) is 10.3 Å². The van der Waals surface area contributed by atoms with Crippen LogP contribution in [0, 0.1) is 6.92 Å². The number of ketones is 1. The smallest absolute Gasteiger partial charge is 0.176 e. The molecule has 1 N–H and O–H groups in total. The van der Waals surface area contributed by atoms with Gasteiger partial charge in [0.1, 0.15) is 0 Å². The molecule has 3 nitrogen and oxygen atoms in total. The Morgan fingerprint density at radius 3 is 2.94 bits per heavy atom. The van der Waals surface area contributed by atoms with Crippen molar-refractivity contribution in [1.82, 2.24) is 10.3 Å². The molecule has 0 aliphatic heterocycles. The van der Waals surface area contributed by atoms with Crippen molar-refractivity contribution in [3.05, 3.63) is 41.7 Å². The van der Waals surface area contributed by atoms with Crippen LogP contribution in [0.25, 0.3) is 10.8 Å². The van der Waals surface area contributed by atoms with Gasteiger partial charge in [-0.15, -0.1) is 0 Å². The number of aryl methyl sites for hydroxylation is 1. The van der Waals surface area contributed by atoms with Gasteiger partial charge in [0.05, 0.1) is 6.54 Å². The van der Waals surface area contributed by atoms with Gasteiger partial charge in [-0.25, -0.2) is 0 Å². The lowest BCUT2D eigenvalue weighted by molar-refractivity contribution is 0.0993. The number of aromatic nitrogens is 1. The van der Waals surface area contributed by atoms with Crippen molar-refractivity contribution in [3.8, 4) is 0 Å². The van der Waals surface area contributed by atoms with Crippen molar-refractivity contribution in [1.29, 1.82) is 0 Å². The van der Waals surface area contributed by atoms with Crippen molar-refractivity contribution < 1.29 is 4.79 Å². The van der Waals surface area contributed by atoms with Crippen molar-refractivity contribution in [2.24, 2.45) is 0 Å². The standard InChI is InChI=1S/C13H14N2O/c1-9-6-15-7-11-5-10(3-4-12(9)11)13(16)8-14-2/h3-7,14H,8H2,1-2H3. The van der Waals surface area contributed by atoms with Gasteiger partial charge in [-0.05, 0) is 31.0 Å². The minimum Gasteiger partial charge on any atom is -0.313 e. The van der Waals surface area contributed by atoms with Gasteiger partial charge in [0.15, 0.2) is 5.78 Å². The number of carbonyl (C=O) groups is 1. The highest BCUT2D eigenvalue weighted by molar-refractivity contribution is 6.01. The largest absolute Gasteiger partial charge is 0.313 e. The van der Waals surface area contributed by atoms with E-state index >= 15 is 0 Å². The maximum absolute atomic E-state index is 11.7. The third-order valence-electron chi connectivity index (χ3n) is 2.62. The zero-order chi connectivity index (χ0) is 11.5. The average Bonchev–Trinajstić information content (AvgIpc) is 2.29. The van der Waals surface area contributed by atoms with Gasteiger partial charge in [-0.1, -0.05) is 12.1 Å². The second kappa shape index (κ2) is 4.41. The van der Waals surface area contributed by atoms with Crippen LogP contribution in [0.4, 0.5) is 0 Å². The minimum absolute atomic E-state index is 0.103. The second-order valence-corrected chi connectivity index (χ2v) is 3.85. The van der Waals surface area contributed by atoms with E-state index in [4.69, 9.17) is 0 Å². The molecule has 0 aliphatic rings. The van der Waals surface area contributed by atoms with Crippen LogP contribution in [0.2, 0.25) is 0 Å². The predicted octanol–water partition coefficient (Wildman–Crippen LogP) is 1.95. The van der Waals surface area contributed by atoms with E-state index in [0.29, 0.717) is 6.54 Å². The molecule has 0 radical (unpaired) electrons. The number of nitrogens with zero attached hydrogens (tertiary/aromatic N) is 1. The second-order valence-electron chi connectivity index (χ2n) is 3.85. The first kappa shape index (κ1) is 10.8. The summed E-state index contributed by atoms with van der Waals surface area (Å²) in [4.78, 5) is 15.8. The summed E-state index contributed by atoms with van der Waals surface area (Å²) in [6.07, 6.45) is 3.62. The number of hydrogen-bond donors (Lipinski definition) is 1. The topological polar surface area (TPSA) is 42.0 Å². The fourth-order valence-corrected chi connectivity index (χ4v) is 1.76. The number of Topliss-reactive ketones (excluding diaryl/α,β-unsaturated/α-hetero) is 1. The summed E-state index contributed by atoms with van der Waals surface area (Å²) in [5, 5.41) is 5.03. The summed E-state index contributed by atoms with van der Waals surface area (Å²) in [7, 11) is 1.77. The lowest BCUT2D eigenvalue weighted by atomic mass is 10.0. The highest BCUT2D eigenvalue weighted by Crippen LogP contribution is 2.18. The molecule has 16 heavy (non-hydrogen) atoms. The molecule has 0 aliphatic carbocycles. The van der Waals surface area contributed by atoms with E-state index in [1.807, 2.05) is 31.3 Å². The normalized spacial score (nSPS) is 10.6. The zero-order valence-electron chi connectivity index (χ0n) is 9.45. The monoisotopic (exact) mass is 214 g/mol. The van der Waals surface area contributed by atoms with Crippen LogP contribution in [0.15, 0.2) is 30.6 Å². The molecular weight excluding hydrogens is 200 g/mol. The summed E-state index contributed by atoms with van der Waals surface area (Å²) in [6.45, 7) is 2.38. The van der Waals surface area contributed by atoms with Crippen LogP contribution in [0.1, 0.15) is 15.9 Å². The Kier molecular flexibility index (Phi) is 2.97. The minimum atomic E-state index is 0.103. The van der Waals surface area contributed by atoms with Crippen LogP contribution in [-0.2, 0) is 0 Å². The molecule has 0 saturated heterocycles. The molecule has 1 heterocycles. The predicted molar refractivity (Wildman–Crippen MR) is 64.7 cm³/mol. The van der Waals surface area contributed by atoms with Gasteiger partial charge in [-0.3, -0.25) is 9.78 Å². The van der Waals surface area contributed by atoms with Crippen LogP contribution in [-0.4, -0.2) is 24.4 Å². The van der Waals surface area contributed by atoms with Gasteiger partial charge >= 0.3 is 0 Å². The number of nitrogens with one attached hydrogen (secondary N) is 1. The summed E-state index contributed by atoms with van der Waals surface area (Å²) < 4.78 is 0. The molecule has 1 aromatic heterocycles. The van der Waals surface area contributed by atoms with E-state index < -0.39 is 0 Å². The third kappa shape index (κ3) is 1.95. The first-order valence-corrected chi connectivity index (χ1v) is 5.24. The van der Waals surface area contributed by atoms with Crippen LogP contribution >= 0.6 is 0 Å². The van der Waals surface area contributed by atoms with Gasteiger partial charge < -0.3 is 5.32 Å². The number of pyridine rings is 1. The third-order valence-corrected chi connectivity index (χ3v) is 2.62. The quantitative estimate of drug-likeness (QED) is 0.794. The van der Waals surface area contributed by atoms with Crippen LogP contribution in [0.5, 0.6) is 0 Å². The molecule has 2 rings (SSSR count). The summed E-state index contributed by atoms with van der Waals surface area (Å²) >= 11 is 0. The van der Waals surface area contributed by atoms with E-state index in [9.17, 15) is 4.79 Å². The van der Waals surface area contributed by atoms with E-state index in [-0.39, 0.29) is 5.78 Å². The number of benzene rings is 1. The van der Waals surface area contributed by atoms with Crippen molar-refractivity contribution in [2.75, 3.05) is 13.6 Å². The lowest BCUT2D eigenvalue weighted by Crippen LogP contribution is -2.18. The van der Waals surface area contributed by atoms with Crippen molar-refractivity contribution in [3.63, 3.8) is 0 Å². The Morgan fingerprint density at radius 1 is 1.38 bits per heavy atom. The van der Waals surface area contributed by atoms with Crippen molar-refractivity contribution >= 4 is 16.6 Å². The van der Waals surface area contributed by atoms with Crippen LogP contribution < -0.4 is 5.32 Å². The Morgan fingerprint density at radius 2 is 2.19 bits per heavy atom. The molecule has 0 spiro atoms. The molecule has 1 aromatic carbocycles. The average molecular weight is 214 g/mol. The van der Waals surface area contributed by atoms with Crippen LogP contribution in [0.3, 0.4) is 0 Å². The zero-order valence-corrected chi connectivity index (χ0v) is 9.45. The maximum Gasteiger partial charge on any atom is 0.176 e. The summed E-state index contributed by atoms with van der Waals surface area (Å²) in [5.41, 5.74) is 1.86. The Balaban J connectivity index is 2.48. The molecule has 0 saturated carbocycles. The first-order chi connectivity index (χ1) is 7.72. The molecule has 3 heteroatoms. The number of hydrogen-bond acceptors (Lipinski definition) is 3. The molecule has 0 atom stereocenters. The molecule has 0 unspecified atom stereocenters. The highest BCUT2D eigenvalue weighted by Gasteiger charge is 2.06. The number of likely N-dealkylation sites (N-methyl/N-ethyl adjacent to an activating group) is 1. The highest BCUT2D eigenvalue weighted by atomic mass is 16.1. The molecule has 2 aromatic rings. The molecular formula is C13H14N2O. The Labute approximate surface area is 94.5 Å². The fraction of sp³-hybridized carbons (Fsp3) is 0.231. The maximum atomic E-state index is 11.7. The van der Waals surface area contributed by atoms with Crippen molar-refractivity contribution in [2.45, 2.75) is 6.92 Å². The molecule has 0 fully saturated rings. The number of fused-ring (bicyclic) bond motifs is 1. The Bertz CT molecular complexity index is 534. The number of rotatable bonds is 3. The molecule has 82 valence electrons. The van der Waals surface area contributed by atoms with E-state index in [1.165, 1.54) is 0 Å². The first-order valence-electron chi connectivity index (χ1n) is 5.24. The van der Waals surface area contributed by atoms with Gasteiger partial charge in [0.2, 0.25) is 0 Å². The van der Waals surface area contributed by atoms with Gasteiger partial charge in [-0.2, -0.15) is 0 Å². The van der Waals surface area contributed by atoms with Gasteiger partial charge in [0, 0.05) is 23.3 Å². The lowest BCUT2D eigenvalue weighted by Gasteiger charge is -2.04. The SMILES string of the molecule is CNCC(=O)c1ccc2c(C)cncc2c1. The van der Waals surface area contributed by atoms with Gasteiger partial charge in [0.25, 0.3) is 0 Å². The summed E-state index contributed by atoms with van der Waals surface area (Å²) in [6, 6.07) is 5.75. The van der Waals surface area contributed by atoms with E-state index in [0.717, 1.165) is 21.9 Å². The fourth-order valence-electron chi connectivity index (χ4n) is 1.76. The molecule has 0 amide bonds. The molecule has 0 bridgehead atoms. The Hall–Kier alpha value is -1.74. The van der Waals surface area contributed by atoms with E-state index in [1.54, 1.807) is 13.2 Å². The number of carbonyl (C=O) groups excluding carboxylic acids is 1. The summed E-state index contributed by atoms with van der Waals surface area (Å²) in [5.74, 6) is 0.103.